The Morgan fingerprint density at radius 1 is 1.07 bits per heavy atom. The standard InChI is InChI=1S/C11H23NOS/c1-3-5-6-7-8-9-10-12-11(14)13-4-2/h3-10H2,1-2H3,(H,12,14). The van der Waals surface area contributed by atoms with Crippen LogP contribution in [0.4, 0.5) is 0 Å². The van der Waals surface area contributed by atoms with Gasteiger partial charge < -0.3 is 10.1 Å². The van der Waals surface area contributed by atoms with Gasteiger partial charge in [0.1, 0.15) is 0 Å². The van der Waals surface area contributed by atoms with E-state index in [-0.39, 0.29) is 0 Å². The van der Waals surface area contributed by atoms with Crippen LogP contribution in [-0.4, -0.2) is 18.3 Å². The van der Waals surface area contributed by atoms with Crippen molar-refractivity contribution in [3.8, 4) is 0 Å². The van der Waals surface area contributed by atoms with Gasteiger partial charge in [-0.3, -0.25) is 0 Å². The zero-order chi connectivity index (χ0) is 10.6. The molecule has 0 aromatic rings. The van der Waals surface area contributed by atoms with Crippen LogP contribution >= 0.6 is 12.2 Å². The van der Waals surface area contributed by atoms with Crippen molar-refractivity contribution in [3.05, 3.63) is 0 Å². The van der Waals surface area contributed by atoms with Crippen molar-refractivity contribution in [2.75, 3.05) is 13.2 Å². The summed E-state index contributed by atoms with van der Waals surface area (Å²) in [5.41, 5.74) is 0. The number of hydrogen-bond donors (Lipinski definition) is 1. The van der Waals surface area contributed by atoms with E-state index >= 15 is 0 Å². The minimum Gasteiger partial charge on any atom is -0.471 e. The zero-order valence-electron chi connectivity index (χ0n) is 9.47. The predicted molar refractivity (Wildman–Crippen MR) is 65.6 cm³/mol. The molecule has 0 spiro atoms. The molecule has 84 valence electrons. The first kappa shape index (κ1) is 13.7. The molecule has 0 aromatic heterocycles. The van der Waals surface area contributed by atoms with Gasteiger partial charge >= 0.3 is 0 Å². The van der Waals surface area contributed by atoms with Gasteiger partial charge in [0.05, 0.1) is 6.61 Å². The van der Waals surface area contributed by atoms with E-state index in [1.165, 1.54) is 38.5 Å². The molecule has 0 aliphatic carbocycles. The van der Waals surface area contributed by atoms with E-state index in [0.717, 1.165) is 6.54 Å². The maximum absolute atomic E-state index is 5.11. The average Bonchev–Trinajstić information content (AvgIpc) is 2.17. The summed E-state index contributed by atoms with van der Waals surface area (Å²) in [7, 11) is 0. The highest BCUT2D eigenvalue weighted by Gasteiger charge is 1.94. The largest absolute Gasteiger partial charge is 0.471 e. The van der Waals surface area contributed by atoms with Gasteiger partial charge in [-0.2, -0.15) is 0 Å². The SMILES string of the molecule is CCCCCCCCNC(=S)OCC. The summed E-state index contributed by atoms with van der Waals surface area (Å²) in [6.07, 6.45) is 7.87. The molecule has 0 saturated heterocycles. The number of unbranched alkanes of at least 4 members (excludes halogenated alkanes) is 5. The normalized spacial score (nSPS) is 9.86. The minimum absolute atomic E-state index is 0.543. The highest BCUT2D eigenvalue weighted by atomic mass is 32.1. The molecular formula is C11H23NOS. The van der Waals surface area contributed by atoms with Crippen molar-refractivity contribution in [1.82, 2.24) is 5.32 Å². The molecule has 0 heterocycles. The molecule has 0 aromatic carbocycles. The lowest BCUT2D eigenvalue weighted by Crippen LogP contribution is -2.24. The second-order valence-corrected chi connectivity index (χ2v) is 3.79. The van der Waals surface area contributed by atoms with Crippen molar-refractivity contribution in [2.45, 2.75) is 52.4 Å². The van der Waals surface area contributed by atoms with Gasteiger partial charge in [0, 0.05) is 6.54 Å². The summed E-state index contributed by atoms with van der Waals surface area (Å²) in [5.74, 6) is 0. The molecule has 0 saturated carbocycles. The number of thiocarbonyl (C=S) groups is 1. The van der Waals surface area contributed by atoms with Crippen LogP contribution in [0, 0.1) is 0 Å². The molecule has 2 nitrogen and oxygen atoms in total. The topological polar surface area (TPSA) is 21.3 Å². The Morgan fingerprint density at radius 3 is 2.36 bits per heavy atom. The number of hydrogen-bond acceptors (Lipinski definition) is 2. The smallest absolute Gasteiger partial charge is 0.256 e. The van der Waals surface area contributed by atoms with Crippen LogP contribution in [0.1, 0.15) is 52.4 Å². The van der Waals surface area contributed by atoms with E-state index in [9.17, 15) is 0 Å². The van der Waals surface area contributed by atoms with Gasteiger partial charge in [-0.25, -0.2) is 0 Å². The number of rotatable bonds is 8. The van der Waals surface area contributed by atoms with E-state index in [1.807, 2.05) is 6.92 Å². The van der Waals surface area contributed by atoms with E-state index in [0.29, 0.717) is 11.8 Å². The van der Waals surface area contributed by atoms with Gasteiger partial charge in [-0.15, -0.1) is 0 Å². The van der Waals surface area contributed by atoms with Crippen molar-refractivity contribution in [2.24, 2.45) is 0 Å². The summed E-state index contributed by atoms with van der Waals surface area (Å²) in [6, 6.07) is 0. The van der Waals surface area contributed by atoms with Crippen molar-refractivity contribution in [3.63, 3.8) is 0 Å². The number of ether oxygens (including phenoxy) is 1. The second-order valence-electron chi connectivity index (χ2n) is 3.42. The summed E-state index contributed by atoms with van der Waals surface area (Å²) in [4.78, 5) is 0. The lowest BCUT2D eigenvalue weighted by molar-refractivity contribution is 0.320. The molecular weight excluding hydrogens is 194 g/mol. The Hall–Kier alpha value is -0.310. The highest BCUT2D eigenvalue weighted by Crippen LogP contribution is 2.03. The average molecular weight is 217 g/mol. The Morgan fingerprint density at radius 2 is 1.71 bits per heavy atom. The van der Waals surface area contributed by atoms with Crippen LogP contribution in [-0.2, 0) is 4.74 Å². The quantitative estimate of drug-likeness (QED) is 0.498. The van der Waals surface area contributed by atoms with Gasteiger partial charge in [0.25, 0.3) is 5.17 Å². The Labute approximate surface area is 93.4 Å². The fourth-order valence-electron chi connectivity index (χ4n) is 1.28. The molecule has 0 bridgehead atoms. The Kier molecular flexibility index (Phi) is 10.5. The molecule has 0 radical (unpaired) electrons. The van der Waals surface area contributed by atoms with Crippen molar-refractivity contribution in [1.29, 1.82) is 0 Å². The van der Waals surface area contributed by atoms with Crippen LogP contribution < -0.4 is 5.32 Å². The van der Waals surface area contributed by atoms with Gasteiger partial charge in [-0.1, -0.05) is 39.0 Å². The summed E-state index contributed by atoms with van der Waals surface area (Å²) in [6.45, 7) is 5.79. The van der Waals surface area contributed by atoms with Gasteiger partial charge in [0.15, 0.2) is 0 Å². The third kappa shape index (κ3) is 9.78. The van der Waals surface area contributed by atoms with E-state index in [4.69, 9.17) is 17.0 Å². The second kappa shape index (κ2) is 10.8. The van der Waals surface area contributed by atoms with Crippen molar-refractivity contribution >= 4 is 17.4 Å². The van der Waals surface area contributed by atoms with Crippen LogP contribution in [0.3, 0.4) is 0 Å². The molecule has 1 N–H and O–H groups in total. The molecule has 3 heteroatoms. The number of nitrogens with one attached hydrogen (secondary N) is 1. The highest BCUT2D eigenvalue weighted by molar-refractivity contribution is 7.80. The van der Waals surface area contributed by atoms with Gasteiger partial charge in [-0.05, 0) is 25.6 Å². The van der Waals surface area contributed by atoms with Crippen LogP contribution in [0.2, 0.25) is 0 Å². The molecule has 0 aliphatic heterocycles. The van der Waals surface area contributed by atoms with E-state index in [2.05, 4.69) is 12.2 Å². The first-order chi connectivity index (χ1) is 6.81. The molecule has 0 unspecified atom stereocenters. The fraction of sp³-hybridized carbons (Fsp3) is 0.909. The summed E-state index contributed by atoms with van der Waals surface area (Å²) >= 11 is 4.94. The molecule has 0 amide bonds. The zero-order valence-corrected chi connectivity index (χ0v) is 10.3. The van der Waals surface area contributed by atoms with Crippen LogP contribution in [0.25, 0.3) is 0 Å². The van der Waals surface area contributed by atoms with Crippen LogP contribution in [0.5, 0.6) is 0 Å². The maximum atomic E-state index is 5.11. The predicted octanol–water partition coefficient (Wildman–Crippen LogP) is 3.26. The first-order valence-electron chi connectivity index (χ1n) is 5.71. The first-order valence-corrected chi connectivity index (χ1v) is 6.12. The minimum atomic E-state index is 0.543. The van der Waals surface area contributed by atoms with E-state index in [1.54, 1.807) is 0 Å². The molecule has 0 aliphatic rings. The maximum Gasteiger partial charge on any atom is 0.256 e. The molecule has 0 rings (SSSR count). The van der Waals surface area contributed by atoms with E-state index < -0.39 is 0 Å². The monoisotopic (exact) mass is 217 g/mol. The summed E-state index contributed by atoms with van der Waals surface area (Å²) in [5, 5.41) is 3.63. The lowest BCUT2D eigenvalue weighted by atomic mass is 10.1. The fourth-order valence-corrected chi connectivity index (χ4v) is 1.50. The third-order valence-electron chi connectivity index (χ3n) is 2.08. The third-order valence-corrected chi connectivity index (χ3v) is 2.34. The van der Waals surface area contributed by atoms with Crippen molar-refractivity contribution < 1.29 is 4.74 Å². The molecule has 14 heavy (non-hydrogen) atoms. The van der Waals surface area contributed by atoms with Crippen LogP contribution in [0.15, 0.2) is 0 Å². The lowest BCUT2D eigenvalue weighted by Gasteiger charge is -2.07. The Bertz CT molecular complexity index is 139. The molecule has 0 fully saturated rings. The summed E-state index contributed by atoms with van der Waals surface area (Å²) < 4.78 is 5.11. The Balaban J connectivity index is 3.01. The molecule has 0 atom stereocenters. The van der Waals surface area contributed by atoms with Gasteiger partial charge in [0.2, 0.25) is 0 Å².